The third kappa shape index (κ3) is 3.94. The molecule has 1 aromatic carbocycles. The van der Waals surface area contributed by atoms with E-state index in [1.54, 1.807) is 48.6 Å². The maximum atomic E-state index is 13.2. The summed E-state index contributed by atoms with van der Waals surface area (Å²) < 4.78 is 5.36. The molecule has 2 N–H and O–H groups in total. The van der Waals surface area contributed by atoms with Crippen LogP contribution in [0.25, 0.3) is 21.7 Å². The summed E-state index contributed by atoms with van der Waals surface area (Å²) in [5.74, 6) is -0.379. The lowest BCUT2D eigenvalue weighted by atomic mass is 10.1. The highest BCUT2D eigenvalue weighted by atomic mass is 32.1. The highest BCUT2D eigenvalue weighted by Crippen LogP contribution is 2.31. The van der Waals surface area contributed by atoms with Crippen molar-refractivity contribution in [1.82, 2.24) is 15.5 Å². The maximum Gasteiger partial charge on any atom is 0.259 e. The van der Waals surface area contributed by atoms with Crippen LogP contribution in [-0.4, -0.2) is 28.0 Å². The SMILES string of the molecule is Cc1ccc(-c2cc(C(=O)Nc3ccc(C(=O)NC4CC4)cc3)c3c(C)noc3n2)s1. The molecular weight excluding hydrogens is 412 g/mol. The van der Waals surface area contributed by atoms with Gasteiger partial charge in [-0.05, 0) is 69.2 Å². The summed E-state index contributed by atoms with van der Waals surface area (Å²) in [4.78, 5) is 32.0. The molecule has 0 atom stereocenters. The van der Waals surface area contributed by atoms with Crippen molar-refractivity contribution in [1.29, 1.82) is 0 Å². The van der Waals surface area contributed by atoms with Gasteiger partial charge in [-0.25, -0.2) is 4.98 Å². The summed E-state index contributed by atoms with van der Waals surface area (Å²) in [6.07, 6.45) is 2.07. The van der Waals surface area contributed by atoms with Crippen molar-refractivity contribution >= 4 is 39.9 Å². The van der Waals surface area contributed by atoms with Gasteiger partial charge in [0.05, 0.1) is 27.2 Å². The summed E-state index contributed by atoms with van der Waals surface area (Å²) in [6, 6.07) is 12.9. The fourth-order valence-corrected chi connectivity index (χ4v) is 4.20. The number of benzene rings is 1. The minimum absolute atomic E-state index is 0.0906. The Labute approximate surface area is 182 Å². The van der Waals surface area contributed by atoms with Crippen LogP contribution in [0.4, 0.5) is 5.69 Å². The minimum atomic E-state index is -0.289. The molecule has 1 saturated carbocycles. The second-order valence-corrected chi connectivity index (χ2v) is 8.98. The van der Waals surface area contributed by atoms with Crippen molar-refractivity contribution in [2.75, 3.05) is 5.32 Å². The first-order valence-electron chi connectivity index (χ1n) is 10.0. The van der Waals surface area contributed by atoms with Crippen LogP contribution >= 0.6 is 11.3 Å². The first-order valence-corrected chi connectivity index (χ1v) is 10.9. The molecule has 3 aromatic heterocycles. The number of hydrogen-bond donors (Lipinski definition) is 2. The number of nitrogens with one attached hydrogen (secondary N) is 2. The predicted octanol–water partition coefficient (Wildman–Crippen LogP) is 4.71. The Morgan fingerprint density at radius 3 is 2.52 bits per heavy atom. The molecule has 1 aliphatic rings. The first-order chi connectivity index (χ1) is 15.0. The summed E-state index contributed by atoms with van der Waals surface area (Å²) in [6.45, 7) is 3.81. The van der Waals surface area contributed by atoms with Gasteiger partial charge in [0.25, 0.3) is 17.5 Å². The van der Waals surface area contributed by atoms with Gasteiger partial charge in [0.15, 0.2) is 0 Å². The lowest BCUT2D eigenvalue weighted by Crippen LogP contribution is -2.25. The number of rotatable bonds is 5. The summed E-state index contributed by atoms with van der Waals surface area (Å²) in [5, 5.41) is 10.4. The zero-order chi connectivity index (χ0) is 21.5. The Bertz CT molecular complexity index is 1300. The number of aryl methyl sites for hydroxylation is 2. The van der Waals surface area contributed by atoms with Crippen LogP contribution in [0.5, 0.6) is 0 Å². The number of aromatic nitrogens is 2. The van der Waals surface area contributed by atoms with Crippen LogP contribution in [0, 0.1) is 13.8 Å². The molecule has 7 nitrogen and oxygen atoms in total. The molecule has 5 rings (SSSR count). The van der Waals surface area contributed by atoms with E-state index in [1.165, 1.54) is 0 Å². The third-order valence-corrected chi connectivity index (χ3v) is 6.20. The van der Waals surface area contributed by atoms with Crippen molar-refractivity contribution in [3.63, 3.8) is 0 Å². The molecule has 31 heavy (non-hydrogen) atoms. The Morgan fingerprint density at radius 2 is 1.84 bits per heavy atom. The second kappa shape index (κ2) is 7.63. The number of anilines is 1. The van der Waals surface area contributed by atoms with Gasteiger partial charge in [0.2, 0.25) is 0 Å². The van der Waals surface area contributed by atoms with Gasteiger partial charge in [-0.1, -0.05) is 5.16 Å². The van der Waals surface area contributed by atoms with Gasteiger partial charge >= 0.3 is 0 Å². The van der Waals surface area contributed by atoms with E-state index >= 15 is 0 Å². The van der Waals surface area contributed by atoms with E-state index in [1.807, 2.05) is 19.1 Å². The van der Waals surface area contributed by atoms with Gasteiger partial charge in [-0.15, -0.1) is 11.3 Å². The Kier molecular flexibility index (Phi) is 4.78. The molecular formula is C23H20N4O3S. The van der Waals surface area contributed by atoms with E-state index in [2.05, 4.69) is 20.8 Å². The quantitative estimate of drug-likeness (QED) is 0.476. The third-order valence-electron chi connectivity index (χ3n) is 5.17. The van der Waals surface area contributed by atoms with Crippen molar-refractivity contribution in [2.24, 2.45) is 0 Å². The second-order valence-electron chi connectivity index (χ2n) is 7.69. The number of pyridine rings is 1. The van der Waals surface area contributed by atoms with Gasteiger partial charge < -0.3 is 15.2 Å². The molecule has 0 aliphatic heterocycles. The molecule has 0 radical (unpaired) electrons. The van der Waals surface area contributed by atoms with Crippen molar-refractivity contribution in [3.8, 4) is 10.6 Å². The predicted molar refractivity (Wildman–Crippen MR) is 119 cm³/mol. The molecule has 0 bridgehead atoms. The molecule has 1 aliphatic carbocycles. The molecule has 0 unspecified atom stereocenters. The van der Waals surface area contributed by atoms with Crippen molar-refractivity contribution in [3.05, 3.63) is 64.2 Å². The van der Waals surface area contributed by atoms with Gasteiger partial charge in [0.1, 0.15) is 0 Å². The molecule has 3 heterocycles. The summed E-state index contributed by atoms with van der Waals surface area (Å²) in [7, 11) is 0. The fraction of sp³-hybridized carbons (Fsp3) is 0.217. The van der Waals surface area contributed by atoms with E-state index in [-0.39, 0.29) is 11.8 Å². The van der Waals surface area contributed by atoms with E-state index in [4.69, 9.17) is 4.52 Å². The Morgan fingerprint density at radius 1 is 1.06 bits per heavy atom. The number of carbonyl (C=O) groups excluding carboxylic acids is 2. The lowest BCUT2D eigenvalue weighted by molar-refractivity contribution is 0.0950. The molecule has 8 heteroatoms. The zero-order valence-corrected chi connectivity index (χ0v) is 17.9. The van der Waals surface area contributed by atoms with E-state index in [9.17, 15) is 9.59 Å². The standard InChI is InChI=1S/C23H20N4O3S/c1-12-3-10-19(31-12)18-11-17(20-13(2)27-30-23(20)26-18)22(29)25-15-6-4-14(5-7-15)21(28)24-16-8-9-16/h3-7,10-11,16H,8-9H2,1-2H3,(H,24,28)(H,25,29). The highest BCUT2D eigenvalue weighted by molar-refractivity contribution is 7.15. The van der Waals surface area contributed by atoms with E-state index < -0.39 is 0 Å². The average Bonchev–Trinajstić information content (AvgIpc) is 3.34. The lowest BCUT2D eigenvalue weighted by Gasteiger charge is -2.09. The summed E-state index contributed by atoms with van der Waals surface area (Å²) in [5.41, 5.74) is 3.22. The molecule has 4 aromatic rings. The molecule has 0 saturated heterocycles. The first kappa shape index (κ1) is 19.4. The van der Waals surface area contributed by atoms with Crippen molar-refractivity contribution < 1.29 is 14.1 Å². The van der Waals surface area contributed by atoms with E-state index in [0.717, 1.165) is 22.6 Å². The molecule has 2 amide bonds. The van der Waals surface area contributed by atoms with Crippen LogP contribution in [0.2, 0.25) is 0 Å². The summed E-state index contributed by atoms with van der Waals surface area (Å²) >= 11 is 1.60. The minimum Gasteiger partial charge on any atom is -0.349 e. The average molecular weight is 433 g/mol. The number of carbonyl (C=O) groups is 2. The van der Waals surface area contributed by atoms with Crippen LogP contribution < -0.4 is 10.6 Å². The maximum absolute atomic E-state index is 13.2. The largest absolute Gasteiger partial charge is 0.349 e. The van der Waals surface area contributed by atoms with Gasteiger partial charge in [-0.3, -0.25) is 9.59 Å². The normalized spacial score (nSPS) is 13.4. The Hall–Kier alpha value is -3.52. The number of hydrogen-bond acceptors (Lipinski definition) is 6. The monoisotopic (exact) mass is 432 g/mol. The van der Waals surface area contributed by atoms with Crippen LogP contribution in [0.1, 0.15) is 44.1 Å². The molecule has 0 spiro atoms. The Balaban J connectivity index is 1.43. The van der Waals surface area contributed by atoms with Crippen molar-refractivity contribution in [2.45, 2.75) is 32.7 Å². The van der Waals surface area contributed by atoms with E-state index in [0.29, 0.717) is 45.3 Å². The number of fused-ring (bicyclic) bond motifs is 1. The topological polar surface area (TPSA) is 97.1 Å². The van der Waals surface area contributed by atoms with Crippen LogP contribution in [-0.2, 0) is 0 Å². The van der Waals surface area contributed by atoms with Gasteiger partial charge in [-0.2, -0.15) is 0 Å². The number of amides is 2. The number of nitrogens with zero attached hydrogens (tertiary/aromatic N) is 2. The molecule has 1 fully saturated rings. The van der Waals surface area contributed by atoms with Gasteiger partial charge in [0, 0.05) is 22.2 Å². The van der Waals surface area contributed by atoms with Crippen LogP contribution in [0.3, 0.4) is 0 Å². The fourth-order valence-electron chi connectivity index (χ4n) is 3.37. The number of thiophene rings is 1. The molecule has 156 valence electrons. The van der Waals surface area contributed by atoms with Crippen LogP contribution in [0.15, 0.2) is 47.0 Å². The smallest absolute Gasteiger partial charge is 0.259 e. The highest BCUT2D eigenvalue weighted by Gasteiger charge is 2.24. The zero-order valence-electron chi connectivity index (χ0n) is 17.1.